The lowest BCUT2D eigenvalue weighted by molar-refractivity contribution is 0.506. The Kier molecular flexibility index (Phi) is 7.36. The molecule has 0 rings (SSSR count). The van der Waals surface area contributed by atoms with E-state index in [9.17, 15) is 0 Å². The van der Waals surface area contributed by atoms with Crippen molar-refractivity contribution in [2.24, 2.45) is 5.92 Å². The second-order valence-corrected chi connectivity index (χ2v) is 2.99. The van der Waals surface area contributed by atoms with Gasteiger partial charge in [0.2, 0.25) is 0 Å². The molecule has 0 bridgehead atoms. The van der Waals surface area contributed by atoms with Crippen molar-refractivity contribution in [2.45, 2.75) is 52.9 Å². The second-order valence-electron chi connectivity index (χ2n) is 2.99. The molecule has 0 unspecified atom stereocenters. The third-order valence-electron chi connectivity index (χ3n) is 2.05. The average Bonchev–Trinajstić information content (AvgIpc) is 2.05. The minimum absolute atomic E-state index is 0.833. The maximum absolute atomic E-state index is 3.24. The van der Waals surface area contributed by atoms with Crippen molar-refractivity contribution in [3.05, 3.63) is 0 Å². The Labute approximate surface area is 71.4 Å². The highest BCUT2D eigenvalue weighted by Crippen LogP contribution is 2.10. The van der Waals surface area contributed by atoms with E-state index in [4.69, 9.17) is 0 Å². The second kappa shape index (κ2) is 7.66. The van der Waals surface area contributed by atoms with Crippen LogP contribution < -0.4 is 0 Å². The van der Waals surface area contributed by atoms with Gasteiger partial charge in [0.15, 0.2) is 0 Å². The fourth-order valence-electron chi connectivity index (χ4n) is 1.01. The van der Waals surface area contributed by atoms with Crippen LogP contribution in [-0.4, -0.2) is 0 Å². The average molecular weight is 152 g/mol. The number of rotatable bonds is 4. The highest BCUT2D eigenvalue weighted by atomic mass is 14.0. The summed E-state index contributed by atoms with van der Waals surface area (Å²) < 4.78 is 0. The first kappa shape index (κ1) is 10.6. The molecule has 0 N–H and O–H groups in total. The summed E-state index contributed by atoms with van der Waals surface area (Å²) in [4.78, 5) is 0. The lowest BCUT2D eigenvalue weighted by Gasteiger charge is -2.05. The Hall–Kier alpha value is -0.440. The van der Waals surface area contributed by atoms with Crippen LogP contribution in [0.5, 0.6) is 0 Å². The highest BCUT2D eigenvalue weighted by molar-refractivity contribution is 4.99. The first-order valence-electron chi connectivity index (χ1n) is 4.80. The zero-order valence-electron chi connectivity index (χ0n) is 8.11. The number of unbranched alkanes of at least 4 members (excludes halogenated alkanes) is 1. The van der Waals surface area contributed by atoms with Gasteiger partial charge in [-0.25, -0.2) is 0 Å². The van der Waals surface area contributed by atoms with Crippen LogP contribution in [0.3, 0.4) is 0 Å². The van der Waals surface area contributed by atoms with Gasteiger partial charge in [0.05, 0.1) is 0 Å². The molecule has 0 fully saturated rings. The van der Waals surface area contributed by atoms with E-state index in [2.05, 4.69) is 32.6 Å². The van der Waals surface area contributed by atoms with Gasteiger partial charge in [0, 0.05) is 12.8 Å². The molecule has 0 aromatic rings. The molecule has 0 aliphatic heterocycles. The third-order valence-corrected chi connectivity index (χ3v) is 2.05. The molecule has 0 saturated heterocycles. The normalized spacial score (nSPS) is 9.45. The maximum atomic E-state index is 3.24. The first-order chi connectivity index (χ1) is 5.35. The van der Waals surface area contributed by atoms with Crippen molar-refractivity contribution >= 4 is 0 Å². The summed E-state index contributed by atoms with van der Waals surface area (Å²) in [5.74, 6) is 7.26. The Bertz CT molecular complexity index is 121. The Morgan fingerprint density at radius 1 is 1.00 bits per heavy atom. The van der Waals surface area contributed by atoms with E-state index in [1.807, 2.05) is 0 Å². The summed E-state index contributed by atoms with van der Waals surface area (Å²) in [7, 11) is 0. The van der Waals surface area contributed by atoms with Crippen LogP contribution in [0.15, 0.2) is 0 Å². The van der Waals surface area contributed by atoms with E-state index in [1.165, 1.54) is 19.3 Å². The molecule has 0 amide bonds. The lowest BCUT2D eigenvalue weighted by Crippen LogP contribution is -1.93. The minimum Gasteiger partial charge on any atom is -0.103 e. The van der Waals surface area contributed by atoms with Gasteiger partial charge in [-0.15, -0.1) is 11.8 Å². The Balaban J connectivity index is 3.43. The van der Waals surface area contributed by atoms with Crippen molar-refractivity contribution in [1.82, 2.24) is 0 Å². The molecular formula is C11H20. The van der Waals surface area contributed by atoms with Crippen LogP contribution in [0, 0.1) is 17.8 Å². The molecule has 0 aliphatic rings. The third kappa shape index (κ3) is 5.98. The Morgan fingerprint density at radius 3 is 2.09 bits per heavy atom. The van der Waals surface area contributed by atoms with Gasteiger partial charge in [0.1, 0.15) is 0 Å². The van der Waals surface area contributed by atoms with Crippen LogP contribution in [0.25, 0.3) is 0 Å². The summed E-state index contributed by atoms with van der Waals surface area (Å²) in [5, 5.41) is 0. The van der Waals surface area contributed by atoms with E-state index in [0.29, 0.717) is 0 Å². The smallest absolute Gasteiger partial charge is 0.0117 e. The van der Waals surface area contributed by atoms with Crippen LogP contribution >= 0.6 is 0 Å². The SMILES string of the molecule is CCCC#CCC(CC)CC. The summed E-state index contributed by atoms with van der Waals surface area (Å²) in [6.45, 7) is 6.66. The summed E-state index contributed by atoms with van der Waals surface area (Å²) in [5.41, 5.74) is 0. The van der Waals surface area contributed by atoms with Crippen molar-refractivity contribution in [1.29, 1.82) is 0 Å². The van der Waals surface area contributed by atoms with Gasteiger partial charge in [-0.05, 0) is 12.3 Å². The molecule has 0 radical (unpaired) electrons. The molecule has 0 saturated carbocycles. The molecule has 0 aromatic heterocycles. The molecule has 0 spiro atoms. The van der Waals surface area contributed by atoms with Gasteiger partial charge < -0.3 is 0 Å². The highest BCUT2D eigenvalue weighted by Gasteiger charge is 1.98. The lowest BCUT2D eigenvalue weighted by atomic mass is 10.00. The van der Waals surface area contributed by atoms with Crippen LogP contribution in [-0.2, 0) is 0 Å². The van der Waals surface area contributed by atoms with E-state index in [-0.39, 0.29) is 0 Å². The predicted octanol–water partition coefficient (Wildman–Crippen LogP) is 3.62. The predicted molar refractivity (Wildman–Crippen MR) is 51.4 cm³/mol. The monoisotopic (exact) mass is 152 g/mol. The summed E-state index contributed by atoms with van der Waals surface area (Å²) in [6.07, 6.45) is 5.91. The minimum atomic E-state index is 0.833. The number of hydrogen-bond acceptors (Lipinski definition) is 0. The quantitative estimate of drug-likeness (QED) is 0.540. The molecule has 0 atom stereocenters. The summed E-state index contributed by atoms with van der Waals surface area (Å²) >= 11 is 0. The fraction of sp³-hybridized carbons (Fsp3) is 0.818. The summed E-state index contributed by atoms with van der Waals surface area (Å²) in [6, 6.07) is 0. The van der Waals surface area contributed by atoms with Gasteiger partial charge >= 0.3 is 0 Å². The van der Waals surface area contributed by atoms with Crippen molar-refractivity contribution in [2.75, 3.05) is 0 Å². The Morgan fingerprint density at radius 2 is 1.64 bits per heavy atom. The van der Waals surface area contributed by atoms with E-state index in [1.54, 1.807) is 0 Å². The molecule has 0 heteroatoms. The van der Waals surface area contributed by atoms with Gasteiger partial charge in [-0.3, -0.25) is 0 Å². The van der Waals surface area contributed by atoms with E-state index >= 15 is 0 Å². The first-order valence-corrected chi connectivity index (χ1v) is 4.80. The topological polar surface area (TPSA) is 0 Å². The molecule has 0 aromatic carbocycles. The van der Waals surface area contributed by atoms with Gasteiger partial charge in [0.25, 0.3) is 0 Å². The van der Waals surface area contributed by atoms with Crippen molar-refractivity contribution in [3.63, 3.8) is 0 Å². The van der Waals surface area contributed by atoms with E-state index in [0.717, 1.165) is 18.8 Å². The van der Waals surface area contributed by atoms with Gasteiger partial charge in [-0.2, -0.15) is 0 Å². The fourth-order valence-corrected chi connectivity index (χ4v) is 1.01. The standard InChI is InChI=1S/C11H20/c1-4-7-8-9-10-11(5-2)6-3/h11H,4-7,10H2,1-3H3. The van der Waals surface area contributed by atoms with Crippen molar-refractivity contribution in [3.8, 4) is 11.8 Å². The zero-order chi connectivity index (χ0) is 8.53. The molecule has 64 valence electrons. The molecule has 11 heavy (non-hydrogen) atoms. The largest absolute Gasteiger partial charge is 0.103 e. The maximum Gasteiger partial charge on any atom is 0.0117 e. The van der Waals surface area contributed by atoms with Crippen LogP contribution in [0.1, 0.15) is 52.9 Å². The molecule has 0 heterocycles. The molecule has 0 aliphatic carbocycles. The van der Waals surface area contributed by atoms with Crippen molar-refractivity contribution < 1.29 is 0 Å². The number of hydrogen-bond donors (Lipinski definition) is 0. The zero-order valence-corrected chi connectivity index (χ0v) is 8.11. The molecule has 0 nitrogen and oxygen atoms in total. The van der Waals surface area contributed by atoms with Gasteiger partial charge in [-0.1, -0.05) is 33.6 Å². The van der Waals surface area contributed by atoms with E-state index < -0.39 is 0 Å². The van der Waals surface area contributed by atoms with Crippen LogP contribution in [0.2, 0.25) is 0 Å². The van der Waals surface area contributed by atoms with Crippen LogP contribution in [0.4, 0.5) is 0 Å². The molecular weight excluding hydrogens is 132 g/mol.